The van der Waals surface area contributed by atoms with E-state index in [1.54, 1.807) is 6.20 Å². The molecule has 0 amide bonds. The third-order valence-corrected chi connectivity index (χ3v) is 2.65. The summed E-state index contributed by atoms with van der Waals surface area (Å²) in [5.74, 6) is 0.720. The van der Waals surface area contributed by atoms with Crippen molar-refractivity contribution in [2.45, 2.75) is 46.6 Å². The van der Waals surface area contributed by atoms with Gasteiger partial charge in [0.2, 0.25) is 0 Å². The van der Waals surface area contributed by atoms with Crippen LogP contribution in [0, 0.1) is 5.41 Å². The lowest BCUT2D eigenvalue weighted by atomic mass is 9.89. The van der Waals surface area contributed by atoms with Crippen LogP contribution in [0.1, 0.15) is 40.5 Å². The van der Waals surface area contributed by atoms with Crippen molar-refractivity contribution in [3.05, 3.63) is 17.5 Å². The Morgan fingerprint density at radius 3 is 2.69 bits per heavy atom. The summed E-state index contributed by atoms with van der Waals surface area (Å²) in [6.07, 6.45) is 5.38. The summed E-state index contributed by atoms with van der Waals surface area (Å²) in [4.78, 5) is 7.96. The molecule has 0 saturated heterocycles. The molecule has 1 N–H and O–H groups in total. The Kier molecular flexibility index (Phi) is 4.54. The van der Waals surface area contributed by atoms with Gasteiger partial charge in [-0.05, 0) is 25.2 Å². The fraction of sp³-hybridized carbons (Fsp3) is 0.667. The first-order chi connectivity index (χ1) is 7.38. The monoisotopic (exact) mass is 241 g/mol. The second-order valence-corrected chi connectivity index (χ2v) is 5.77. The molecule has 1 aromatic heterocycles. The molecule has 0 bridgehead atoms. The topological polar surface area (TPSA) is 37.8 Å². The third-order valence-electron chi connectivity index (χ3n) is 2.38. The number of nitrogens with one attached hydrogen (secondary N) is 1. The number of hydrogen-bond donors (Lipinski definition) is 1. The van der Waals surface area contributed by atoms with Crippen LogP contribution in [0.2, 0.25) is 5.02 Å². The van der Waals surface area contributed by atoms with E-state index in [9.17, 15) is 0 Å². The highest BCUT2D eigenvalue weighted by atomic mass is 35.5. The second kappa shape index (κ2) is 5.48. The van der Waals surface area contributed by atoms with Gasteiger partial charge in [-0.3, -0.25) is 0 Å². The lowest BCUT2D eigenvalue weighted by Gasteiger charge is -2.22. The SMILES string of the molecule is CC(CCC(C)(C)C)Nc1ncncc1Cl. The van der Waals surface area contributed by atoms with Crippen LogP contribution in [0.15, 0.2) is 12.5 Å². The number of rotatable bonds is 4. The van der Waals surface area contributed by atoms with Crippen LogP contribution in [0.5, 0.6) is 0 Å². The van der Waals surface area contributed by atoms with Crippen molar-refractivity contribution < 1.29 is 0 Å². The molecule has 4 heteroatoms. The van der Waals surface area contributed by atoms with E-state index >= 15 is 0 Å². The van der Waals surface area contributed by atoms with E-state index in [4.69, 9.17) is 11.6 Å². The van der Waals surface area contributed by atoms with Gasteiger partial charge in [-0.2, -0.15) is 0 Å². The predicted octanol–water partition coefficient (Wildman–Crippen LogP) is 3.76. The van der Waals surface area contributed by atoms with E-state index < -0.39 is 0 Å². The largest absolute Gasteiger partial charge is 0.366 e. The molecule has 1 rings (SSSR count). The standard InChI is InChI=1S/C12H20ClN3/c1-9(5-6-12(2,3)4)16-11-10(13)7-14-8-15-11/h7-9H,5-6H2,1-4H3,(H,14,15,16). The van der Waals surface area contributed by atoms with Gasteiger partial charge in [-0.1, -0.05) is 32.4 Å². The van der Waals surface area contributed by atoms with Gasteiger partial charge < -0.3 is 5.32 Å². The van der Waals surface area contributed by atoms with Gasteiger partial charge in [-0.15, -0.1) is 0 Å². The van der Waals surface area contributed by atoms with Gasteiger partial charge in [0.25, 0.3) is 0 Å². The molecule has 1 heterocycles. The first-order valence-corrected chi connectivity index (χ1v) is 5.98. The van der Waals surface area contributed by atoms with Gasteiger partial charge in [0.15, 0.2) is 0 Å². The highest BCUT2D eigenvalue weighted by Gasteiger charge is 2.13. The quantitative estimate of drug-likeness (QED) is 0.872. The predicted molar refractivity (Wildman–Crippen MR) is 68.8 cm³/mol. The first kappa shape index (κ1) is 13.2. The number of nitrogens with zero attached hydrogens (tertiary/aromatic N) is 2. The first-order valence-electron chi connectivity index (χ1n) is 5.60. The summed E-state index contributed by atoms with van der Waals surface area (Å²) in [7, 11) is 0. The lowest BCUT2D eigenvalue weighted by Crippen LogP contribution is -2.19. The molecule has 0 spiro atoms. The Balaban J connectivity index is 2.46. The van der Waals surface area contributed by atoms with Gasteiger partial charge >= 0.3 is 0 Å². The van der Waals surface area contributed by atoms with E-state index in [0.717, 1.165) is 12.2 Å². The Labute approximate surface area is 103 Å². The Morgan fingerprint density at radius 2 is 2.12 bits per heavy atom. The molecule has 0 radical (unpaired) electrons. The molecule has 0 aromatic carbocycles. The number of hydrogen-bond acceptors (Lipinski definition) is 3. The smallest absolute Gasteiger partial charge is 0.148 e. The van der Waals surface area contributed by atoms with Crippen molar-refractivity contribution in [2.24, 2.45) is 5.41 Å². The molecule has 1 unspecified atom stereocenters. The van der Waals surface area contributed by atoms with Crippen molar-refractivity contribution >= 4 is 17.4 Å². The van der Waals surface area contributed by atoms with Crippen molar-refractivity contribution in [3.8, 4) is 0 Å². The second-order valence-electron chi connectivity index (χ2n) is 5.36. The van der Waals surface area contributed by atoms with Gasteiger partial charge in [-0.25, -0.2) is 9.97 Å². The third kappa shape index (κ3) is 4.79. The number of halogens is 1. The molecule has 1 atom stereocenters. The fourth-order valence-electron chi connectivity index (χ4n) is 1.37. The minimum atomic E-state index is 0.366. The number of aromatic nitrogens is 2. The maximum Gasteiger partial charge on any atom is 0.148 e. The Hall–Kier alpha value is -0.830. The zero-order valence-electron chi connectivity index (χ0n) is 10.4. The zero-order valence-corrected chi connectivity index (χ0v) is 11.2. The molecule has 0 fully saturated rings. The lowest BCUT2D eigenvalue weighted by molar-refractivity contribution is 0.356. The molecule has 0 aliphatic heterocycles. The summed E-state index contributed by atoms with van der Waals surface area (Å²) in [5, 5.41) is 3.87. The minimum absolute atomic E-state index is 0.366. The molecule has 0 aliphatic rings. The van der Waals surface area contributed by atoms with Crippen molar-refractivity contribution in [1.29, 1.82) is 0 Å². The van der Waals surface area contributed by atoms with E-state index in [2.05, 4.69) is 43.0 Å². The van der Waals surface area contributed by atoms with E-state index in [1.165, 1.54) is 12.7 Å². The van der Waals surface area contributed by atoms with Gasteiger partial charge in [0.05, 0.1) is 6.20 Å². The molecule has 1 aromatic rings. The van der Waals surface area contributed by atoms with Crippen LogP contribution < -0.4 is 5.32 Å². The van der Waals surface area contributed by atoms with Crippen LogP contribution >= 0.6 is 11.6 Å². The van der Waals surface area contributed by atoms with E-state index in [1.807, 2.05) is 0 Å². The molecule has 16 heavy (non-hydrogen) atoms. The summed E-state index contributed by atoms with van der Waals surface area (Å²) in [6, 6.07) is 0.367. The molecular formula is C12H20ClN3. The number of anilines is 1. The summed E-state index contributed by atoms with van der Waals surface area (Å²) in [5.41, 5.74) is 0.366. The van der Waals surface area contributed by atoms with Crippen LogP contribution in [0.25, 0.3) is 0 Å². The molecule has 0 aliphatic carbocycles. The highest BCUT2D eigenvalue weighted by Crippen LogP contribution is 2.23. The van der Waals surface area contributed by atoms with Crippen molar-refractivity contribution in [1.82, 2.24) is 9.97 Å². The fourth-order valence-corrected chi connectivity index (χ4v) is 1.53. The summed E-state index contributed by atoms with van der Waals surface area (Å²) in [6.45, 7) is 8.89. The maximum absolute atomic E-state index is 5.97. The molecule has 0 saturated carbocycles. The van der Waals surface area contributed by atoms with Gasteiger partial charge in [0.1, 0.15) is 17.2 Å². The Morgan fingerprint density at radius 1 is 1.44 bits per heavy atom. The van der Waals surface area contributed by atoms with Gasteiger partial charge in [0, 0.05) is 6.04 Å². The normalized spacial score (nSPS) is 13.6. The maximum atomic E-state index is 5.97. The van der Waals surface area contributed by atoms with Crippen LogP contribution in [0.3, 0.4) is 0 Å². The summed E-state index contributed by atoms with van der Waals surface area (Å²) < 4.78 is 0. The van der Waals surface area contributed by atoms with E-state index in [-0.39, 0.29) is 0 Å². The average molecular weight is 242 g/mol. The Bertz CT molecular complexity index is 333. The average Bonchev–Trinajstić information content (AvgIpc) is 2.18. The minimum Gasteiger partial charge on any atom is -0.366 e. The van der Waals surface area contributed by atoms with Crippen LogP contribution in [0.4, 0.5) is 5.82 Å². The summed E-state index contributed by atoms with van der Waals surface area (Å²) >= 11 is 5.97. The molecule has 90 valence electrons. The van der Waals surface area contributed by atoms with Crippen LogP contribution in [-0.4, -0.2) is 16.0 Å². The zero-order chi connectivity index (χ0) is 12.2. The van der Waals surface area contributed by atoms with Crippen molar-refractivity contribution in [3.63, 3.8) is 0 Å². The highest BCUT2D eigenvalue weighted by molar-refractivity contribution is 6.32. The van der Waals surface area contributed by atoms with Crippen LogP contribution in [-0.2, 0) is 0 Å². The van der Waals surface area contributed by atoms with E-state index in [0.29, 0.717) is 16.5 Å². The van der Waals surface area contributed by atoms with Crippen molar-refractivity contribution in [2.75, 3.05) is 5.32 Å². The molecular weight excluding hydrogens is 222 g/mol. The molecule has 3 nitrogen and oxygen atoms in total.